The third-order valence-electron chi connectivity index (χ3n) is 3.38. The first-order valence-corrected chi connectivity index (χ1v) is 7.44. The van der Waals surface area contributed by atoms with Crippen LogP contribution in [0.25, 0.3) is 0 Å². The molecule has 0 saturated carbocycles. The molecule has 0 aliphatic carbocycles. The average molecular weight is 262 g/mol. The van der Waals surface area contributed by atoms with Crippen LogP contribution >= 0.6 is 11.3 Å². The van der Waals surface area contributed by atoms with Crippen molar-refractivity contribution in [1.29, 1.82) is 0 Å². The van der Waals surface area contributed by atoms with E-state index in [4.69, 9.17) is 0 Å². The Labute approximate surface area is 111 Å². The van der Waals surface area contributed by atoms with Crippen molar-refractivity contribution in [3.05, 3.63) is 34.0 Å². The zero-order chi connectivity index (χ0) is 12.4. The number of hydrogen-bond donors (Lipinski definition) is 1. The van der Waals surface area contributed by atoms with Gasteiger partial charge in [0.15, 0.2) is 0 Å². The van der Waals surface area contributed by atoms with E-state index in [1.165, 1.54) is 11.3 Å². The van der Waals surface area contributed by atoms with Gasteiger partial charge in [-0.3, -0.25) is 0 Å². The van der Waals surface area contributed by atoms with Gasteiger partial charge in [0.05, 0.1) is 6.04 Å². The lowest BCUT2D eigenvalue weighted by atomic mass is 10.1. The summed E-state index contributed by atoms with van der Waals surface area (Å²) in [6, 6.07) is 4.64. The molecule has 1 aliphatic heterocycles. The summed E-state index contributed by atoms with van der Waals surface area (Å²) in [7, 11) is 0. The summed E-state index contributed by atoms with van der Waals surface area (Å²) < 4.78 is 2.30. The fraction of sp³-hybridized carbons (Fsp3) is 0.538. The van der Waals surface area contributed by atoms with Crippen molar-refractivity contribution in [2.45, 2.75) is 38.8 Å². The van der Waals surface area contributed by atoms with Crippen LogP contribution in [0.2, 0.25) is 0 Å². The van der Waals surface area contributed by atoms with Crippen molar-refractivity contribution < 1.29 is 0 Å². The Morgan fingerprint density at radius 3 is 3.22 bits per heavy atom. The van der Waals surface area contributed by atoms with Gasteiger partial charge in [0, 0.05) is 24.4 Å². The quantitative estimate of drug-likeness (QED) is 0.920. The van der Waals surface area contributed by atoms with Crippen LogP contribution in [0.5, 0.6) is 0 Å². The molecule has 0 fully saturated rings. The van der Waals surface area contributed by atoms with Gasteiger partial charge in [-0.25, -0.2) is 0 Å². The molecule has 0 amide bonds. The van der Waals surface area contributed by atoms with Crippen LogP contribution < -0.4 is 5.32 Å². The van der Waals surface area contributed by atoms with Gasteiger partial charge in [0.25, 0.3) is 0 Å². The van der Waals surface area contributed by atoms with Crippen LogP contribution in [0.1, 0.15) is 42.3 Å². The van der Waals surface area contributed by atoms with Crippen molar-refractivity contribution in [2.24, 2.45) is 0 Å². The number of aromatic nitrogens is 3. The SMILES string of the molecule is CCCC1NCCn2c(Cc3cccs3)nnc21. The van der Waals surface area contributed by atoms with E-state index in [9.17, 15) is 0 Å². The van der Waals surface area contributed by atoms with Crippen molar-refractivity contribution >= 4 is 11.3 Å². The van der Waals surface area contributed by atoms with E-state index in [2.05, 4.69) is 44.5 Å². The van der Waals surface area contributed by atoms with Crippen molar-refractivity contribution in [2.75, 3.05) is 6.54 Å². The molecule has 3 rings (SSSR count). The lowest BCUT2D eigenvalue weighted by Crippen LogP contribution is -2.34. The highest BCUT2D eigenvalue weighted by Gasteiger charge is 2.23. The van der Waals surface area contributed by atoms with Gasteiger partial charge in [-0.2, -0.15) is 0 Å². The summed E-state index contributed by atoms with van der Waals surface area (Å²) in [5, 5.41) is 14.4. The highest BCUT2D eigenvalue weighted by atomic mass is 32.1. The van der Waals surface area contributed by atoms with Gasteiger partial charge in [0.2, 0.25) is 0 Å². The minimum atomic E-state index is 0.383. The summed E-state index contributed by atoms with van der Waals surface area (Å²) in [6.45, 7) is 4.22. The first-order chi connectivity index (χ1) is 8.88. The Balaban J connectivity index is 1.85. The minimum absolute atomic E-state index is 0.383. The zero-order valence-electron chi connectivity index (χ0n) is 10.6. The summed E-state index contributed by atoms with van der Waals surface area (Å²) in [6.07, 6.45) is 3.21. The van der Waals surface area contributed by atoms with Crippen LogP contribution in [0, 0.1) is 0 Å². The molecule has 1 atom stereocenters. The number of thiophene rings is 1. The summed E-state index contributed by atoms with van der Waals surface area (Å²) in [4.78, 5) is 1.36. The van der Waals surface area contributed by atoms with E-state index in [1.807, 2.05) is 0 Å². The zero-order valence-corrected chi connectivity index (χ0v) is 11.4. The third kappa shape index (κ3) is 2.20. The Morgan fingerprint density at radius 1 is 1.50 bits per heavy atom. The predicted molar refractivity (Wildman–Crippen MR) is 72.8 cm³/mol. The number of fused-ring (bicyclic) bond motifs is 1. The molecule has 18 heavy (non-hydrogen) atoms. The molecular weight excluding hydrogens is 244 g/mol. The first kappa shape index (κ1) is 11.9. The molecule has 1 N–H and O–H groups in total. The lowest BCUT2D eigenvalue weighted by molar-refractivity contribution is 0.389. The highest BCUT2D eigenvalue weighted by molar-refractivity contribution is 7.09. The van der Waals surface area contributed by atoms with E-state index in [0.29, 0.717) is 6.04 Å². The molecule has 2 aromatic heterocycles. The fourth-order valence-corrected chi connectivity index (χ4v) is 3.21. The second-order valence-corrected chi connectivity index (χ2v) is 5.71. The molecule has 1 unspecified atom stereocenters. The van der Waals surface area contributed by atoms with Crippen molar-refractivity contribution in [3.63, 3.8) is 0 Å². The van der Waals surface area contributed by atoms with Gasteiger partial charge >= 0.3 is 0 Å². The number of rotatable bonds is 4. The molecule has 1 aliphatic rings. The minimum Gasteiger partial charge on any atom is -0.312 e. The van der Waals surface area contributed by atoms with Crippen molar-refractivity contribution in [1.82, 2.24) is 20.1 Å². The van der Waals surface area contributed by atoms with E-state index in [0.717, 1.165) is 37.6 Å². The van der Waals surface area contributed by atoms with E-state index in [1.54, 1.807) is 11.3 Å². The van der Waals surface area contributed by atoms with Crippen LogP contribution in [-0.4, -0.2) is 21.3 Å². The fourth-order valence-electron chi connectivity index (χ4n) is 2.51. The highest BCUT2D eigenvalue weighted by Crippen LogP contribution is 2.22. The molecule has 0 saturated heterocycles. The van der Waals surface area contributed by atoms with Crippen LogP contribution in [0.4, 0.5) is 0 Å². The molecule has 0 bridgehead atoms. The molecule has 5 heteroatoms. The van der Waals surface area contributed by atoms with Gasteiger partial charge in [0.1, 0.15) is 11.6 Å². The van der Waals surface area contributed by atoms with Crippen LogP contribution in [-0.2, 0) is 13.0 Å². The van der Waals surface area contributed by atoms with Gasteiger partial charge < -0.3 is 9.88 Å². The molecule has 0 radical (unpaired) electrons. The normalized spacial score (nSPS) is 18.8. The number of hydrogen-bond acceptors (Lipinski definition) is 4. The molecule has 0 aromatic carbocycles. The first-order valence-electron chi connectivity index (χ1n) is 6.56. The Bertz CT molecular complexity index is 503. The second kappa shape index (κ2) is 5.20. The smallest absolute Gasteiger partial charge is 0.150 e. The Kier molecular flexibility index (Phi) is 3.43. The Hall–Kier alpha value is -1.20. The van der Waals surface area contributed by atoms with Gasteiger partial charge in [-0.15, -0.1) is 21.5 Å². The third-order valence-corrected chi connectivity index (χ3v) is 4.26. The molecule has 96 valence electrons. The lowest BCUT2D eigenvalue weighted by Gasteiger charge is -2.24. The average Bonchev–Trinajstić information content (AvgIpc) is 3.01. The standard InChI is InChI=1S/C13H18N4S/c1-2-4-11-13-16-15-12(17(13)7-6-14-11)9-10-5-3-8-18-10/h3,5,8,11,14H,2,4,6-7,9H2,1H3. The second-order valence-electron chi connectivity index (χ2n) is 4.68. The summed E-state index contributed by atoms with van der Waals surface area (Å²) in [5.74, 6) is 2.23. The maximum atomic E-state index is 4.39. The van der Waals surface area contributed by atoms with Crippen LogP contribution in [0.3, 0.4) is 0 Å². The number of nitrogens with zero attached hydrogens (tertiary/aromatic N) is 3. The number of nitrogens with one attached hydrogen (secondary N) is 1. The topological polar surface area (TPSA) is 42.7 Å². The van der Waals surface area contributed by atoms with Gasteiger partial charge in [-0.1, -0.05) is 19.4 Å². The summed E-state index contributed by atoms with van der Waals surface area (Å²) in [5.41, 5.74) is 0. The van der Waals surface area contributed by atoms with E-state index in [-0.39, 0.29) is 0 Å². The summed E-state index contributed by atoms with van der Waals surface area (Å²) >= 11 is 1.79. The molecular formula is C13H18N4S. The van der Waals surface area contributed by atoms with E-state index < -0.39 is 0 Å². The predicted octanol–water partition coefficient (Wildman–Crippen LogP) is 2.37. The van der Waals surface area contributed by atoms with Gasteiger partial charge in [-0.05, 0) is 17.9 Å². The molecule has 0 spiro atoms. The maximum absolute atomic E-state index is 4.39. The van der Waals surface area contributed by atoms with Crippen molar-refractivity contribution in [3.8, 4) is 0 Å². The maximum Gasteiger partial charge on any atom is 0.150 e. The van der Waals surface area contributed by atoms with E-state index >= 15 is 0 Å². The molecule has 3 heterocycles. The van der Waals surface area contributed by atoms with Crippen LogP contribution in [0.15, 0.2) is 17.5 Å². The molecule has 4 nitrogen and oxygen atoms in total. The Morgan fingerprint density at radius 2 is 2.44 bits per heavy atom. The molecule has 2 aromatic rings. The largest absolute Gasteiger partial charge is 0.312 e. The monoisotopic (exact) mass is 262 g/mol.